The summed E-state index contributed by atoms with van der Waals surface area (Å²) < 4.78 is 5.34. The molecule has 0 aliphatic heterocycles. The number of hydrogen-bond acceptors (Lipinski definition) is 4. The number of aliphatic carboxylic acids is 1. The van der Waals surface area contributed by atoms with Crippen LogP contribution in [0.3, 0.4) is 0 Å². The summed E-state index contributed by atoms with van der Waals surface area (Å²) in [6.07, 6.45) is 0. The van der Waals surface area contributed by atoms with Crippen LogP contribution >= 0.6 is 0 Å². The van der Waals surface area contributed by atoms with Crippen LogP contribution < -0.4 is 10.1 Å². The summed E-state index contributed by atoms with van der Waals surface area (Å²) in [7, 11) is 0. The molecule has 3 N–H and O–H groups in total. The molecule has 0 heterocycles. The van der Waals surface area contributed by atoms with Gasteiger partial charge in [-0.15, -0.1) is 0 Å². The number of carboxylic acids is 1. The third-order valence-corrected chi connectivity index (χ3v) is 2.78. The van der Waals surface area contributed by atoms with Crippen LogP contribution in [-0.2, 0) is 9.59 Å². The molecule has 0 spiro atoms. The molecule has 1 unspecified atom stereocenters. The summed E-state index contributed by atoms with van der Waals surface area (Å²) in [6, 6.07) is 5.57. The van der Waals surface area contributed by atoms with E-state index >= 15 is 0 Å². The lowest BCUT2D eigenvalue weighted by atomic mass is 10.1. The fraction of sp³-hybridized carbons (Fsp3) is 0.429. The second-order valence-corrected chi connectivity index (χ2v) is 4.91. The highest BCUT2D eigenvalue weighted by molar-refractivity contribution is 5.80. The lowest BCUT2D eigenvalue weighted by Gasteiger charge is -2.18. The summed E-state index contributed by atoms with van der Waals surface area (Å²) in [5.74, 6) is -1.30. The lowest BCUT2D eigenvalue weighted by Crippen LogP contribution is -2.47. The topological polar surface area (TPSA) is 95.9 Å². The number of carbonyl (C=O) groups excluding carboxylic acids is 1. The van der Waals surface area contributed by atoms with Crippen molar-refractivity contribution in [2.24, 2.45) is 0 Å². The summed E-state index contributed by atoms with van der Waals surface area (Å²) in [6.45, 7) is 4.32. The molecule has 0 saturated carbocycles. The van der Waals surface area contributed by atoms with Crippen molar-refractivity contribution in [2.45, 2.75) is 26.4 Å². The number of aryl methyl sites for hydroxylation is 2. The van der Waals surface area contributed by atoms with Crippen molar-refractivity contribution in [3.63, 3.8) is 0 Å². The molecule has 6 nitrogen and oxygen atoms in total. The van der Waals surface area contributed by atoms with Crippen molar-refractivity contribution >= 4 is 11.9 Å². The minimum absolute atomic E-state index is 0.237. The van der Waals surface area contributed by atoms with E-state index in [0.717, 1.165) is 18.1 Å². The standard InChI is InChI=1S/C14H19NO5/c1-9-4-5-11(10(2)6-9)20-7-12(16)15-8-14(3,19)13(17)18/h4-6,19H,7-8H2,1-3H3,(H,15,16)(H,17,18). The van der Waals surface area contributed by atoms with Crippen molar-refractivity contribution in [2.75, 3.05) is 13.2 Å². The van der Waals surface area contributed by atoms with E-state index in [4.69, 9.17) is 9.84 Å². The first kappa shape index (κ1) is 16.0. The molecule has 1 rings (SSSR count). The zero-order valence-electron chi connectivity index (χ0n) is 11.8. The summed E-state index contributed by atoms with van der Waals surface area (Å²) >= 11 is 0. The normalized spacial score (nSPS) is 13.4. The Morgan fingerprint density at radius 2 is 2.00 bits per heavy atom. The summed E-state index contributed by atoms with van der Waals surface area (Å²) in [5, 5.41) is 20.4. The Labute approximate surface area is 117 Å². The van der Waals surface area contributed by atoms with Crippen LogP contribution in [0.1, 0.15) is 18.1 Å². The highest BCUT2D eigenvalue weighted by Gasteiger charge is 2.30. The van der Waals surface area contributed by atoms with E-state index < -0.39 is 17.5 Å². The fourth-order valence-corrected chi connectivity index (χ4v) is 1.50. The molecule has 0 aliphatic rings. The van der Waals surface area contributed by atoms with Crippen molar-refractivity contribution in [3.8, 4) is 5.75 Å². The van der Waals surface area contributed by atoms with E-state index in [1.54, 1.807) is 6.07 Å². The van der Waals surface area contributed by atoms with Gasteiger partial charge in [-0.1, -0.05) is 17.7 Å². The highest BCUT2D eigenvalue weighted by atomic mass is 16.5. The molecule has 110 valence electrons. The Kier molecular flexibility index (Phi) is 5.10. The molecule has 1 atom stereocenters. The second-order valence-electron chi connectivity index (χ2n) is 4.91. The van der Waals surface area contributed by atoms with Crippen molar-refractivity contribution in [1.82, 2.24) is 5.32 Å². The Morgan fingerprint density at radius 1 is 1.35 bits per heavy atom. The molecule has 0 bridgehead atoms. The van der Waals surface area contributed by atoms with Gasteiger partial charge < -0.3 is 20.3 Å². The molecule has 0 saturated heterocycles. The number of nitrogens with one attached hydrogen (secondary N) is 1. The van der Waals surface area contributed by atoms with Crippen LogP contribution in [0.5, 0.6) is 5.75 Å². The van der Waals surface area contributed by atoms with Crippen LogP contribution in [0.25, 0.3) is 0 Å². The highest BCUT2D eigenvalue weighted by Crippen LogP contribution is 2.18. The summed E-state index contributed by atoms with van der Waals surface area (Å²) in [5.41, 5.74) is 0.0160. The van der Waals surface area contributed by atoms with Gasteiger partial charge in [0.2, 0.25) is 0 Å². The maximum Gasteiger partial charge on any atom is 0.337 e. The van der Waals surface area contributed by atoms with E-state index in [1.165, 1.54) is 0 Å². The van der Waals surface area contributed by atoms with Crippen LogP contribution in [0, 0.1) is 13.8 Å². The maximum atomic E-state index is 11.5. The molecule has 0 radical (unpaired) electrons. The number of rotatable bonds is 6. The third kappa shape index (κ3) is 4.55. The van der Waals surface area contributed by atoms with Crippen molar-refractivity contribution in [1.29, 1.82) is 0 Å². The van der Waals surface area contributed by atoms with Crippen LogP contribution in [0.2, 0.25) is 0 Å². The second kappa shape index (κ2) is 6.38. The molecule has 1 aromatic carbocycles. The SMILES string of the molecule is Cc1ccc(OCC(=O)NCC(C)(O)C(=O)O)c(C)c1. The quantitative estimate of drug-likeness (QED) is 0.711. The first-order valence-corrected chi connectivity index (χ1v) is 6.15. The van der Waals surface area contributed by atoms with E-state index in [0.29, 0.717) is 5.75 Å². The van der Waals surface area contributed by atoms with Gasteiger partial charge in [0.1, 0.15) is 5.75 Å². The van der Waals surface area contributed by atoms with Gasteiger partial charge in [0.15, 0.2) is 12.2 Å². The Balaban J connectivity index is 2.46. The van der Waals surface area contributed by atoms with E-state index in [-0.39, 0.29) is 13.2 Å². The van der Waals surface area contributed by atoms with Crippen LogP contribution in [-0.4, -0.2) is 40.8 Å². The van der Waals surface area contributed by atoms with Crippen molar-refractivity contribution < 1.29 is 24.5 Å². The number of aliphatic hydroxyl groups is 1. The smallest absolute Gasteiger partial charge is 0.337 e. The van der Waals surface area contributed by atoms with Gasteiger partial charge >= 0.3 is 5.97 Å². The number of amides is 1. The van der Waals surface area contributed by atoms with E-state index in [1.807, 2.05) is 26.0 Å². The van der Waals surface area contributed by atoms with E-state index in [9.17, 15) is 14.7 Å². The summed E-state index contributed by atoms with van der Waals surface area (Å²) in [4.78, 5) is 22.2. The van der Waals surface area contributed by atoms with Gasteiger partial charge in [0.25, 0.3) is 5.91 Å². The predicted octanol–water partition coefficient (Wildman–Crippen LogP) is 0.634. The zero-order chi connectivity index (χ0) is 15.3. The number of carbonyl (C=O) groups is 2. The zero-order valence-corrected chi connectivity index (χ0v) is 11.8. The van der Waals surface area contributed by atoms with E-state index in [2.05, 4.69) is 5.32 Å². The van der Waals surface area contributed by atoms with Crippen LogP contribution in [0.4, 0.5) is 0 Å². The first-order valence-electron chi connectivity index (χ1n) is 6.15. The van der Waals surface area contributed by atoms with Gasteiger partial charge in [-0.3, -0.25) is 4.79 Å². The number of carboxylic acid groups (broad SMARTS) is 1. The number of ether oxygens (including phenoxy) is 1. The van der Waals surface area contributed by atoms with Crippen LogP contribution in [0.15, 0.2) is 18.2 Å². The Morgan fingerprint density at radius 3 is 2.55 bits per heavy atom. The number of hydrogen-bond donors (Lipinski definition) is 3. The maximum absolute atomic E-state index is 11.5. The molecular weight excluding hydrogens is 262 g/mol. The molecule has 0 aliphatic carbocycles. The molecule has 0 fully saturated rings. The Hall–Kier alpha value is -2.08. The van der Waals surface area contributed by atoms with Gasteiger partial charge in [-0.25, -0.2) is 4.79 Å². The fourth-order valence-electron chi connectivity index (χ4n) is 1.50. The molecular formula is C14H19NO5. The van der Waals surface area contributed by atoms with Crippen molar-refractivity contribution in [3.05, 3.63) is 29.3 Å². The first-order chi connectivity index (χ1) is 9.22. The monoisotopic (exact) mass is 281 g/mol. The van der Waals surface area contributed by atoms with Gasteiger partial charge in [0, 0.05) is 0 Å². The molecule has 0 aromatic heterocycles. The average molecular weight is 281 g/mol. The minimum Gasteiger partial charge on any atom is -0.484 e. The molecule has 20 heavy (non-hydrogen) atoms. The Bertz CT molecular complexity index is 510. The van der Waals surface area contributed by atoms with Gasteiger partial charge in [0.05, 0.1) is 6.54 Å². The largest absolute Gasteiger partial charge is 0.484 e. The van der Waals surface area contributed by atoms with Gasteiger partial charge in [-0.05, 0) is 32.4 Å². The third-order valence-electron chi connectivity index (χ3n) is 2.78. The minimum atomic E-state index is -1.99. The lowest BCUT2D eigenvalue weighted by molar-refractivity contribution is -0.156. The predicted molar refractivity (Wildman–Crippen MR) is 72.7 cm³/mol. The molecule has 1 amide bonds. The molecule has 1 aromatic rings. The molecule has 6 heteroatoms. The number of benzene rings is 1. The average Bonchev–Trinajstić information content (AvgIpc) is 2.35. The van der Waals surface area contributed by atoms with Gasteiger partial charge in [-0.2, -0.15) is 0 Å².